The van der Waals surface area contributed by atoms with Gasteiger partial charge in [-0.05, 0) is 18.6 Å². The first kappa shape index (κ1) is 12.6. The molecule has 1 fully saturated rings. The van der Waals surface area contributed by atoms with Crippen LogP contribution in [0.1, 0.15) is 12.8 Å². The van der Waals surface area contributed by atoms with Crippen LogP contribution in [-0.4, -0.2) is 27.4 Å². The standard InChI is InChI=1S/C13H13FN4O2/c1-18-10-4-2-7(14)6-9(10)16-13(18)17-12(20)8-3-5-11(19)15-8/h2,4,6,8H,3,5H2,1H3,(H,15,19)(H,16,17,20)/t8-/m0/s1. The van der Waals surface area contributed by atoms with Crippen LogP contribution in [0.2, 0.25) is 0 Å². The number of anilines is 1. The van der Waals surface area contributed by atoms with Crippen LogP contribution in [0.15, 0.2) is 18.2 Å². The number of nitrogens with zero attached hydrogens (tertiary/aromatic N) is 2. The molecule has 0 spiro atoms. The zero-order valence-corrected chi connectivity index (χ0v) is 10.8. The maximum absolute atomic E-state index is 13.1. The monoisotopic (exact) mass is 276 g/mol. The summed E-state index contributed by atoms with van der Waals surface area (Å²) >= 11 is 0. The van der Waals surface area contributed by atoms with Crippen LogP contribution < -0.4 is 10.6 Å². The first-order valence-electron chi connectivity index (χ1n) is 6.27. The van der Waals surface area contributed by atoms with Crippen molar-refractivity contribution in [3.05, 3.63) is 24.0 Å². The molecule has 1 aromatic carbocycles. The molecule has 1 aliphatic rings. The van der Waals surface area contributed by atoms with Crippen molar-refractivity contribution < 1.29 is 14.0 Å². The highest BCUT2D eigenvalue weighted by Crippen LogP contribution is 2.19. The maximum atomic E-state index is 13.1. The van der Waals surface area contributed by atoms with Crippen molar-refractivity contribution in [2.24, 2.45) is 7.05 Å². The van der Waals surface area contributed by atoms with Gasteiger partial charge in [0.1, 0.15) is 11.9 Å². The van der Waals surface area contributed by atoms with Crippen LogP contribution >= 0.6 is 0 Å². The zero-order valence-electron chi connectivity index (χ0n) is 10.8. The number of benzene rings is 1. The first-order chi connectivity index (χ1) is 9.54. The van der Waals surface area contributed by atoms with Gasteiger partial charge >= 0.3 is 0 Å². The number of carbonyl (C=O) groups excluding carboxylic acids is 2. The van der Waals surface area contributed by atoms with E-state index in [1.165, 1.54) is 12.1 Å². The molecule has 0 radical (unpaired) electrons. The lowest BCUT2D eigenvalue weighted by Gasteiger charge is -2.10. The molecule has 7 heteroatoms. The third-order valence-electron chi connectivity index (χ3n) is 3.39. The van der Waals surface area contributed by atoms with Crippen molar-refractivity contribution in [1.82, 2.24) is 14.9 Å². The van der Waals surface area contributed by atoms with Crippen molar-refractivity contribution >= 4 is 28.8 Å². The van der Waals surface area contributed by atoms with Crippen LogP contribution in [0.3, 0.4) is 0 Å². The summed E-state index contributed by atoms with van der Waals surface area (Å²) < 4.78 is 14.8. The molecule has 6 nitrogen and oxygen atoms in total. The Labute approximate surface area is 114 Å². The molecule has 1 aromatic heterocycles. The van der Waals surface area contributed by atoms with E-state index in [1.807, 2.05) is 0 Å². The summed E-state index contributed by atoms with van der Waals surface area (Å²) in [5.41, 5.74) is 1.19. The topological polar surface area (TPSA) is 76.0 Å². The molecule has 0 bridgehead atoms. The Kier molecular flexibility index (Phi) is 2.89. The molecule has 20 heavy (non-hydrogen) atoms. The molecule has 2 amide bonds. The second-order valence-corrected chi connectivity index (χ2v) is 4.78. The van der Waals surface area contributed by atoms with E-state index >= 15 is 0 Å². The van der Waals surface area contributed by atoms with Gasteiger partial charge in [-0.25, -0.2) is 9.37 Å². The number of hydrogen-bond acceptors (Lipinski definition) is 3. The fraction of sp³-hybridized carbons (Fsp3) is 0.308. The van der Waals surface area contributed by atoms with E-state index in [2.05, 4.69) is 15.6 Å². The van der Waals surface area contributed by atoms with E-state index in [9.17, 15) is 14.0 Å². The summed E-state index contributed by atoms with van der Waals surface area (Å²) in [4.78, 5) is 27.3. The van der Waals surface area contributed by atoms with E-state index in [0.29, 0.717) is 24.3 Å². The minimum atomic E-state index is -0.529. The molecule has 2 N–H and O–H groups in total. The average molecular weight is 276 g/mol. The molecule has 0 aliphatic carbocycles. The van der Waals surface area contributed by atoms with Crippen molar-refractivity contribution in [3.8, 4) is 0 Å². The summed E-state index contributed by atoms with van der Waals surface area (Å²) in [6.45, 7) is 0. The van der Waals surface area contributed by atoms with E-state index in [4.69, 9.17) is 0 Å². The van der Waals surface area contributed by atoms with Gasteiger partial charge in [0.2, 0.25) is 17.8 Å². The molecule has 1 saturated heterocycles. The molecule has 104 valence electrons. The van der Waals surface area contributed by atoms with Crippen LogP contribution in [0.4, 0.5) is 10.3 Å². The van der Waals surface area contributed by atoms with E-state index in [1.54, 1.807) is 17.7 Å². The Morgan fingerprint density at radius 2 is 2.35 bits per heavy atom. The summed E-state index contributed by atoms with van der Waals surface area (Å²) in [6.07, 6.45) is 0.828. The number of aryl methyl sites for hydroxylation is 1. The van der Waals surface area contributed by atoms with Gasteiger partial charge in [0, 0.05) is 19.5 Å². The van der Waals surface area contributed by atoms with Gasteiger partial charge in [-0.15, -0.1) is 0 Å². The van der Waals surface area contributed by atoms with Gasteiger partial charge in [-0.1, -0.05) is 0 Å². The van der Waals surface area contributed by atoms with Crippen molar-refractivity contribution in [3.63, 3.8) is 0 Å². The fourth-order valence-electron chi connectivity index (χ4n) is 2.29. The summed E-state index contributed by atoms with van der Waals surface area (Å²) in [6, 6.07) is 3.72. The summed E-state index contributed by atoms with van der Waals surface area (Å²) in [5, 5.41) is 5.25. The number of carbonyl (C=O) groups is 2. The van der Waals surface area contributed by atoms with Crippen LogP contribution in [-0.2, 0) is 16.6 Å². The highest BCUT2D eigenvalue weighted by Gasteiger charge is 2.28. The van der Waals surface area contributed by atoms with E-state index in [-0.39, 0.29) is 17.6 Å². The van der Waals surface area contributed by atoms with Gasteiger partial charge < -0.3 is 9.88 Å². The lowest BCUT2D eigenvalue weighted by Crippen LogP contribution is -2.37. The SMILES string of the molecule is Cn1c(NC(=O)[C@@H]2CCC(=O)N2)nc2cc(F)ccc21. The van der Waals surface area contributed by atoms with Gasteiger partial charge in [0.25, 0.3) is 0 Å². The molecule has 0 saturated carbocycles. The Morgan fingerprint density at radius 1 is 1.55 bits per heavy atom. The number of amides is 2. The number of imidazole rings is 1. The Balaban J connectivity index is 1.85. The Hall–Kier alpha value is -2.44. The van der Waals surface area contributed by atoms with Gasteiger partial charge in [-0.2, -0.15) is 0 Å². The van der Waals surface area contributed by atoms with Crippen LogP contribution in [0.5, 0.6) is 0 Å². The number of hydrogen-bond donors (Lipinski definition) is 2. The molecule has 1 aliphatic heterocycles. The average Bonchev–Trinajstić information content (AvgIpc) is 2.95. The third-order valence-corrected chi connectivity index (χ3v) is 3.39. The lowest BCUT2D eigenvalue weighted by atomic mass is 10.2. The second-order valence-electron chi connectivity index (χ2n) is 4.78. The molecule has 1 atom stereocenters. The maximum Gasteiger partial charge on any atom is 0.249 e. The molecular formula is C13H13FN4O2. The number of halogens is 1. The normalized spacial score (nSPS) is 18.3. The van der Waals surface area contributed by atoms with Crippen molar-refractivity contribution in [2.75, 3.05) is 5.32 Å². The third kappa shape index (κ3) is 2.11. The predicted octanol–water partition coefficient (Wildman–Crippen LogP) is 0.929. The molecular weight excluding hydrogens is 263 g/mol. The largest absolute Gasteiger partial charge is 0.344 e. The number of nitrogens with one attached hydrogen (secondary N) is 2. The first-order valence-corrected chi connectivity index (χ1v) is 6.27. The highest BCUT2D eigenvalue weighted by molar-refractivity contribution is 5.99. The van der Waals surface area contributed by atoms with E-state index in [0.717, 1.165) is 5.52 Å². The minimum absolute atomic E-state index is 0.128. The Morgan fingerprint density at radius 3 is 3.05 bits per heavy atom. The predicted molar refractivity (Wildman–Crippen MR) is 70.5 cm³/mol. The molecule has 2 aromatic rings. The van der Waals surface area contributed by atoms with Crippen molar-refractivity contribution in [2.45, 2.75) is 18.9 Å². The number of rotatable bonds is 2. The zero-order chi connectivity index (χ0) is 14.3. The Bertz CT molecular complexity index is 710. The number of aromatic nitrogens is 2. The quantitative estimate of drug-likeness (QED) is 0.856. The number of fused-ring (bicyclic) bond motifs is 1. The highest BCUT2D eigenvalue weighted by atomic mass is 19.1. The molecule has 0 unspecified atom stereocenters. The molecule has 3 rings (SSSR count). The van der Waals surface area contributed by atoms with Crippen LogP contribution in [0.25, 0.3) is 11.0 Å². The molecule has 2 heterocycles. The summed E-state index contributed by atoms with van der Waals surface area (Å²) in [7, 11) is 1.73. The second kappa shape index (κ2) is 4.59. The van der Waals surface area contributed by atoms with E-state index < -0.39 is 6.04 Å². The van der Waals surface area contributed by atoms with Crippen LogP contribution in [0, 0.1) is 5.82 Å². The van der Waals surface area contributed by atoms with Gasteiger partial charge in [-0.3, -0.25) is 14.9 Å². The van der Waals surface area contributed by atoms with Gasteiger partial charge in [0.05, 0.1) is 11.0 Å². The summed E-state index contributed by atoms with van der Waals surface area (Å²) in [5.74, 6) is -0.486. The minimum Gasteiger partial charge on any atom is -0.344 e. The van der Waals surface area contributed by atoms with Gasteiger partial charge in [0.15, 0.2) is 0 Å². The van der Waals surface area contributed by atoms with Crippen molar-refractivity contribution in [1.29, 1.82) is 0 Å². The fourth-order valence-corrected chi connectivity index (χ4v) is 2.29. The smallest absolute Gasteiger partial charge is 0.249 e. The lowest BCUT2D eigenvalue weighted by molar-refractivity contribution is -0.122.